The highest BCUT2D eigenvalue weighted by Gasteiger charge is 2.40. The first-order chi connectivity index (χ1) is 11.3. The molecule has 1 aromatic carbocycles. The minimum atomic E-state index is -0.581. The molecule has 1 amide bonds. The van der Waals surface area contributed by atoms with Crippen LogP contribution in [0.2, 0.25) is 0 Å². The number of esters is 1. The maximum absolute atomic E-state index is 12.8. The van der Waals surface area contributed by atoms with Gasteiger partial charge in [0.1, 0.15) is 0 Å². The Balaban J connectivity index is 2.11. The zero-order valence-corrected chi connectivity index (χ0v) is 15.3. The van der Waals surface area contributed by atoms with Crippen molar-refractivity contribution in [2.75, 3.05) is 39.2 Å². The lowest BCUT2D eigenvalue weighted by Crippen LogP contribution is -2.47. The molecule has 1 atom stereocenters. The minimum absolute atomic E-state index is 0.0330. The summed E-state index contributed by atoms with van der Waals surface area (Å²) in [6.07, 6.45) is 1.85. The van der Waals surface area contributed by atoms with Crippen molar-refractivity contribution >= 4 is 17.6 Å². The highest BCUT2D eigenvalue weighted by Crippen LogP contribution is 2.35. The molecule has 0 aromatic heterocycles. The lowest BCUT2D eigenvalue weighted by molar-refractivity contribution is -0.155. The fourth-order valence-electron chi connectivity index (χ4n) is 3.27. The number of anilines is 1. The van der Waals surface area contributed by atoms with Crippen LogP contribution in [0.5, 0.6) is 0 Å². The Morgan fingerprint density at radius 3 is 2.38 bits per heavy atom. The zero-order chi connectivity index (χ0) is 17.9. The fourth-order valence-corrected chi connectivity index (χ4v) is 3.27. The van der Waals surface area contributed by atoms with E-state index in [-0.39, 0.29) is 17.8 Å². The monoisotopic (exact) mass is 332 g/mol. The number of benzene rings is 1. The van der Waals surface area contributed by atoms with Gasteiger partial charge >= 0.3 is 5.97 Å². The van der Waals surface area contributed by atoms with E-state index in [2.05, 4.69) is 0 Å². The molecule has 1 saturated heterocycles. The molecule has 1 heterocycles. The third kappa shape index (κ3) is 3.71. The summed E-state index contributed by atoms with van der Waals surface area (Å²) in [6, 6.07) is 7.64. The molecule has 1 aliphatic heterocycles. The molecule has 132 valence electrons. The summed E-state index contributed by atoms with van der Waals surface area (Å²) in [5.41, 5.74) is 1.18. The summed E-state index contributed by atoms with van der Waals surface area (Å²) in [7, 11) is 5.37. The van der Waals surface area contributed by atoms with Crippen LogP contribution in [-0.2, 0) is 9.53 Å². The van der Waals surface area contributed by atoms with Gasteiger partial charge < -0.3 is 14.5 Å². The van der Waals surface area contributed by atoms with Crippen LogP contribution in [0.4, 0.5) is 5.69 Å². The standard InChI is InChI=1S/C19H28N2O3/c1-19(2,18(23)24-5)15-7-6-12-21(13-15)17(22)14-8-10-16(11-9-14)20(3)4/h8-11,15H,6-7,12-13H2,1-5H3. The summed E-state index contributed by atoms with van der Waals surface area (Å²) in [5, 5.41) is 0. The number of rotatable bonds is 4. The molecule has 5 heteroatoms. The van der Waals surface area contributed by atoms with Crippen LogP contribution < -0.4 is 4.90 Å². The Kier molecular flexibility index (Phi) is 5.52. The van der Waals surface area contributed by atoms with E-state index in [0.717, 1.165) is 25.1 Å². The molecule has 1 fully saturated rings. The number of likely N-dealkylation sites (tertiary alicyclic amines) is 1. The van der Waals surface area contributed by atoms with E-state index >= 15 is 0 Å². The van der Waals surface area contributed by atoms with Gasteiger partial charge in [-0.3, -0.25) is 9.59 Å². The van der Waals surface area contributed by atoms with Crippen LogP contribution in [0.1, 0.15) is 37.0 Å². The van der Waals surface area contributed by atoms with Gasteiger partial charge in [0.25, 0.3) is 5.91 Å². The number of nitrogens with zero attached hydrogens (tertiary/aromatic N) is 2. The van der Waals surface area contributed by atoms with Crippen molar-refractivity contribution in [3.05, 3.63) is 29.8 Å². The SMILES string of the molecule is COC(=O)C(C)(C)C1CCCN(C(=O)c2ccc(N(C)C)cc2)C1. The van der Waals surface area contributed by atoms with Gasteiger partial charge in [0.15, 0.2) is 0 Å². The highest BCUT2D eigenvalue weighted by molar-refractivity contribution is 5.94. The van der Waals surface area contributed by atoms with Crippen LogP contribution in [0.3, 0.4) is 0 Å². The Hall–Kier alpha value is -2.04. The maximum Gasteiger partial charge on any atom is 0.311 e. The first kappa shape index (κ1) is 18.3. The van der Waals surface area contributed by atoms with E-state index < -0.39 is 5.41 Å². The molecule has 1 aromatic rings. The average molecular weight is 332 g/mol. The van der Waals surface area contributed by atoms with Crippen LogP contribution >= 0.6 is 0 Å². The Morgan fingerprint density at radius 2 is 1.83 bits per heavy atom. The third-order valence-electron chi connectivity index (χ3n) is 5.07. The minimum Gasteiger partial charge on any atom is -0.469 e. The molecule has 1 unspecified atom stereocenters. The number of piperidine rings is 1. The Bertz CT molecular complexity index is 593. The molecule has 2 rings (SSSR count). The number of carbonyl (C=O) groups excluding carboxylic acids is 2. The molecule has 0 saturated carbocycles. The predicted octanol–water partition coefficient (Wildman–Crippen LogP) is 2.80. The van der Waals surface area contributed by atoms with E-state index in [1.807, 2.05) is 62.0 Å². The molecule has 0 N–H and O–H groups in total. The van der Waals surface area contributed by atoms with Crippen molar-refractivity contribution in [3.8, 4) is 0 Å². The summed E-state index contributed by atoms with van der Waals surface area (Å²) in [6.45, 7) is 5.14. The Morgan fingerprint density at radius 1 is 1.21 bits per heavy atom. The van der Waals surface area contributed by atoms with Gasteiger partial charge in [-0.2, -0.15) is 0 Å². The molecule has 0 aliphatic carbocycles. The predicted molar refractivity (Wildman–Crippen MR) is 95.2 cm³/mol. The number of ether oxygens (including phenoxy) is 1. The number of methoxy groups -OCH3 is 1. The van der Waals surface area contributed by atoms with Gasteiger partial charge in [-0.25, -0.2) is 0 Å². The second-order valence-corrected chi connectivity index (χ2v) is 7.24. The van der Waals surface area contributed by atoms with Crippen molar-refractivity contribution < 1.29 is 14.3 Å². The molecule has 0 bridgehead atoms. The van der Waals surface area contributed by atoms with Crippen molar-refractivity contribution in [3.63, 3.8) is 0 Å². The quantitative estimate of drug-likeness (QED) is 0.796. The molecule has 0 spiro atoms. The first-order valence-electron chi connectivity index (χ1n) is 8.42. The highest BCUT2D eigenvalue weighted by atomic mass is 16.5. The van der Waals surface area contributed by atoms with E-state index in [1.165, 1.54) is 7.11 Å². The van der Waals surface area contributed by atoms with Crippen LogP contribution in [-0.4, -0.2) is 51.1 Å². The second kappa shape index (κ2) is 7.24. The number of carbonyl (C=O) groups is 2. The van der Waals surface area contributed by atoms with Crippen molar-refractivity contribution in [2.45, 2.75) is 26.7 Å². The largest absolute Gasteiger partial charge is 0.469 e. The van der Waals surface area contributed by atoms with E-state index in [4.69, 9.17) is 4.74 Å². The first-order valence-corrected chi connectivity index (χ1v) is 8.42. The Labute approximate surface area is 144 Å². The van der Waals surface area contributed by atoms with Gasteiger partial charge in [-0.1, -0.05) is 0 Å². The normalized spacial score (nSPS) is 18.2. The van der Waals surface area contributed by atoms with Crippen molar-refractivity contribution in [1.29, 1.82) is 0 Å². The summed E-state index contributed by atoms with van der Waals surface area (Å²) in [5.74, 6) is -0.0634. The maximum atomic E-state index is 12.8. The van der Waals surface area contributed by atoms with E-state index in [0.29, 0.717) is 12.1 Å². The second-order valence-electron chi connectivity index (χ2n) is 7.24. The van der Waals surface area contributed by atoms with Crippen LogP contribution in [0.15, 0.2) is 24.3 Å². The molecule has 24 heavy (non-hydrogen) atoms. The fraction of sp³-hybridized carbons (Fsp3) is 0.579. The van der Waals surface area contributed by atoms with Crippen LogP contribution in [0.25, 0.3) is 0 Å². The lowest BCUT2D eigenvalue weighted by atomic mass is 9.74. The lowest BCUT2D eigenvalue weighted by Gasteiger charge is -2.39. The van der Waals surface area contributed by atoms with Gasteiger partial charge in [0.05, 0.1) is 12.5 Å². The summed E-state index contributed by atoms with van der Waals surface area (Å²) >= 11 is 0. The average Bonchev–Trinajstić information content (AvgIpc) is 2.60. The molecular weight excluding hydrogens is 304 g/mol. The number of hydrogen-bond acceptors (Lipinski definition) is 4. The van der Waals surface area contributed by atoms with E-state index in [9.17, 15) is 9.59 Å². The smallest absolute Gasteiger partial charge is 0.311 e. The topological polar surface area (TPSA) is 49.9 Å². The summed E-state index contributed by atoms with van der Waals surface area (Å²) in [4.78, 5) is 28.7. The van der Waals surface area contributed by atoms with Crippen molar-refractivity contribution in [1.82, 2.24) is 4.90 Å². The van der Waals surface area contributed by atoms with Crippen LogP contribution in [0, 0.1) is 11.3 Å². The van der Waals surface area contributed by atoms with E-state index in [1.54, 1.807) is 0 Å². The summed E-state index contributed by atoms with van der Waals surface area (Å²) < 4.78 is 4.94. The van der Waals surface area contributed by atoms with Crippen molar-refractivity contribution in [2.24, 2.45) is 11.3 Å². The third-order valence-corrected chi connectivity index (χ3v) is 5.07. The molecule has 0 radical (unpaired) electrons. The van der Waals surface area contributed by atoms with Gasteiger partial charge in [0, 0.05) is 38.4 Å². The zero-order valence-electron chi connectivity index (χ0n) is 15.3. The van der Waals surface area contributed by atoms with Gasteiger partial charge in [-0.15, -0.1) is 0 Å². The molecule has 1 aliphatic rings. The van der Waals surface area contributed by atoms with Gasteiger partial charge in [-0.05, 0) is 56.9 Å². The molecular formula is C19H28N2O3. The van der Waals surface area contributed by atoms with Gasteiger partial charge in [0.2, 0.25) is 0 Å². The number of hydrogen-bond donors (Lipinski definition) is 0. The molecule has 5 nitrogen and oxygen atoms in total. The number of amides is 1.